The molecule has 1 aromatic heterocycles. The minimum absolute atomic E-state index is 0.518. The number of carbonyl (C=O) groups is 1. The Kier molecular flexibility index (Phi) is 4.23. The molecule has 1 aliphatic rings. The Labute approximate surface area is 112 Å². The first-order valence-electron chi connectivity index (χ1n) is 6.46. The fraction of sp³-hybridized carbons (Fsp3) is 0.571. The molecule has 0 aliphatic heterocycles. The van der Waals surface area contributed by atoms with Gasteiger partial charge in [0.1, 0.15) is 0 Å². The average Bonchev–Trinajstić information content (AvgIpc) is 2.59. The van der Waals surface area contributed by atoms with E-state index in [1.165, 1.54) is 0 Å². The largest absolute Gasteiger partial charge is 0.481 e. The SMILES string of the molecule is O=C(O)C1(Cc2ccncc2Cl)CCCCCC1. The van der Waals surface area contributed by atoms with E-state index in [-0.39, 0.29) is 0 Å². The van der Waals surface area contributed by atoms with E-state index in [0.29, 0.717) is 11.4 Å². The standard InChI is InChI=1S/C14H18ClNO2/c15-12-10-16-8-5-11(12)9-14(13(17)18)6-3-1-2-4-7-14/h5,8,10H,1-4,6-7,9H2,(H,17,18). The minimum Gasteiger partial charge on any atom is -0.481 e. The molecule has 98 valence electrons. The molecule has 1 N–H and O–H groups in total. The maximum Gasteiger partial charge on any atom is 0.309 e. The van der Waals surface area contributed by atoms with E-state index in [4.69, 9.17) is 11.6 Å². The molecule has 2 rings (SSSR count). The summed E-state index contributed by atoms with van der Waals surface area (Å²) in [5.74, 6) is -0.683. The number of rotatable bonds is 3. The summed E-state index contributed by atoms with van der Waals surface area (Å²) in [5.41, 5.74) is 0.262. The summed E-state index contributed by atoms with van der Waals surface area (Å²) in [4.78, 5) is 15.6. The molecular formula is C14H18ClNO2. The van der Waals surface area contributed by atoms with Gasteiger partial charge >= 0.3 is 5.97 Å². The molecule has 1 aliphatic carbocycles. The highest BCUT2D eigenvalue weighted by atomic mass is 35.5. The minimum atomic E-state index is -0.683. The van der Waals surface area contributed by atoms with Gasteiger partial charge in [0.2, 0.25) is 0 Å². The lowest BCUT2D eigenvalue weighted by molar-refractivity contribution is -0.149. The van der Waals surface area contributed by atoms with Crippen molar-refractivity contribution < 1.29 is 9.90 Å². The number of nitrogens with zero attached hydrogens (tertiary/aromatic N) is 1. The molecule has 0 radical (unpaired) electrons. The Morgan fingerprint density at radius 3 is 2.56 bits per heavy atom. The number of hydrogen-bond donors (Lipinski definition) is 1. The van der Waals surface area contributed by atoms with Crippen LogP contribution in [0, 0.1) is 5.41 Å². The third-order valence-corrected chi connectivity index (χ3v) is 4.24. The van der Waals surface area contributed by atoms with Crippen molar-refractivity contribution in [2.75, 3.05) is 0 Å². The Hall–Kier alpha value is -1.09. The highest BCUT2D eigenvalue weighted by Gasteiger charge is 2.39. The van der Waals surface area contributed by atoms with Crippen LogP contribution in [0.1, 0.15) is 44.1 Å². The molecule has 4 heteroatoms. The molecule has 1 aromatic rings. The summed E-state index contributed by atoms with van der Waals surface area (Å²) < 4.78 is 0. The quantitative estimate of drug-likeness (QED) is 0.850. The topological polar surface area (TPSA) is 50.2 Å². The van der Waals surface area contributed by atoms with Crippen LogP contribution in [0.15, 0.2) is 18.5 Å². The Morgan fingerprint density at radius 1 is 1.33 bits per heavy atom. The summed E-state index contributed by atoms with van der Waals surface area (Å²) in [5, 5.41) is 10.2. The van der Waals surface area contributed by atoms with E-state index >= 15 is 0 Å². The van der Waals surface area contributed by atoms with E-state index in [1.54, 1.807) is 12.4 Å². The van der Waals surface area contributed by atoms with Gasteiger partial charge in [-0.1, -0.05) is 37.3 Å². The van der Waals surface area contributed by atoms with Crippen molar-refractivity contribution in [1.29, 1.82) is 0 Å². The molecule has 18 heavy (non-hydrogen) atoms. The van der Waals surface area contributed by atoms with Crippen LogP contribution in [0.3, 0.4) is 0 Å². The van der Waals surface area contributed by atoms with Crippen molar-refractivity contribution in [3.8, 4) is 0 Å². The van der Waals surface area contributed by atoms with Crippen LogP contribution >= 0.6 is 11.6 Å². The third kappa shape index (κ3) is 2.83. The maximum atomic E-state index is 11.7. The van der Waals surface area contributed by atoms with Gasteiger partial charge in [0.05, 0.1) is 10.4 Å². The van der Waals surface area contributed by atoms with Crippen molar-refractivity contribution in [3.05, 3.63) is 29.0 Å². The van der Waals surface area contributed by atoms with Gasteiger partial charge in [-0.05, 0) is 30.9 Å². The number of hydrogen-bond acceptors (Lipinski definition) is 2. The maximum absolute atomic E-state index is 11.7. The second-order valence-corrected chi connectivity index (χ2v) is 5.55. The number of halogens is 1. The monoisotopic (exact) mass is 267 g/mol. The summed E-state index contributed by atoms with van der Waals surface area (Å²) in [6.07, 6.45) is 9.55. The summed E-state index contributed by atoms with van der Waals surface area (Å²) in [6.45, 7) is 0. The fourth-order valence-corrected chi connectivity index (χ4v) is 2.97. The zero-order chi connectivity index (χ0) is 13.0. The lowest BCUT2D eigenvalue weighted by Crippen LogP contribution is -2.33. The van der Waals surface area contributed by atoms with E-state index in [0.717, 1.165) is 44.1 Å². The van der Waals surface area contributed by atoms with E-state index in [9.17, 15) is 9.90 Å². The van der Waals surface area contributed by atoms with Gasteiger partial charge in [0, 0.05) is 12.4 Å². The lowest BCUT2D eigenvalue weighted by Gasteiger charge is -2.28. The smallest absolute Gasteiger partial charge is 0.309 e. The molecule has 1 fully saturated rings. The molecule has 1 heterocycles. The Balaban J connectivity index is 2.25. The summed E-state index contributed by atoms with van der Waals surface area (Å²) in [7, 11) is 0. The molecule has 0 amide bonds. The second-order valence-electron chi connectivity index (χ2n) is 5.14. The highest BCUT2D eigenvalue weighted by Crippen LogP contribution is 2.39. The van der Waals surface area contributed by atoms with Crippen LogP contribution in [0.25, 0.3) is 0 Å². The fourth-order valence-electron chi connectivity index (χ4n) is 2.78. The van der Waals surface area contributed by atoms with E-state index in [1.807, 2.05) is 6.07 Å². The number of aromatic nitrogens is 1. The zero-order valence-corrected chi connectivity index (χ0v) is 11.1. The van der Waals surface area contributed by atoms with Crippen LogP contribution in [0.2, 0.25) is 5.02 Å². The van der Waals surface area contributed by atoms with Crippen molar-refractivity contribution in [1.82, 2.24) is 4.98 Å². The molecule has 3 nitrogen and oxygen atoms in total. The molecule has 0 saturated heterocycles. The average molecular weight is 268 g/mol. The lowest BCUT2D eigenvalue weighted by atomic mass is 9.75. The Morgan fingerprint density at radius 2 is 2.00 bits per heavy atom. The molecule has 0 aromatic carbocycles. The normalized spacial score (nSPS) is 19.2. The first-order chi connectivity index (χ1) is 8.64. The second kappa shape index (κ2) is 5.70. The molecule has 0 spiro atoms. The number of aliphatic carboxylic acids is 1. The van der Waals surface area contributed by atoms with Crippen molar-refractivity contribution in [3.63, 3.8) is 0 Å². The van der Waals surface area contributed by atoms with E-state index < -0.39 is 11.4 Å². The van der Waals surface area contributed by atoms with Crippen molar-refractivity contribution in [2.45, 2.75) is 44.9 Å². The van der Waals surface area contributed by atoms with Gasteiger partial charge in [0.15, 0.2) is 0 Å². The van der Waals surface area contributed by atoms with Crippen molar-refractivity contribution >= 4 is 17.6 Å². The Bertz CT molecular complexity index is 426. The van der Waals surface area contributed by atoms with Crippen LogP contribution in [-0.4, -0.2) is 16.1 Å². The van der Waals surface area contributed by atoms with Gasteiger partial charge < -0.3 is 5.11 Å². The van der Waals surface area contributed by atoms with Gasteiger partial charge in [0.25, 0.3) is 0 Å². The van der Waals surface area contributed by atoms with Crippen LogP contribution in [-0.2, 0) is 11.2 Å². The van der Waals surface area contributed by atoms with Gasteiger partial charge in [-0.15, -0.1) is 0 Å². The summed E-state index contributed by atoms with van der Waals surface area (Å²) in [6, 6.07) is 1.83. The zero-order valence-electron chi connectivity index (χ0n) is 10.4. The molecule has 0 atom stereocenters. The predicted octanol–water partition coefficient (Wildman–Crippen LogP) is 3.70. The van der Waals surface area contributed by atoms with Crippen LogP contribution in [0.5, 0.6) is 0 Å². The van der Waals surface area contributed by atoms with Gasteiger partial charge in [-0.25, -0.2) is 0 Å². The summed E-state index contributed by atoms with van der Waals surface area (Å²) >= 11 is 6.10. The van der Waals surface area contributed by atoms with Gasteiger partial charge in [-0.3, -0.25) is 9.78 Å². The highest BCUT2D eigenvalue weighted by molar-refractivity contribution is 6.31. The van der Waals surface area contributed by atoms with Crippen LogP contribution in [0.4, 0.5) is 0 Å². The third-order valence-electron chi connectivity index (χ3n) is 3.90. The van der Waals surface area contributed by atoms with E-state index in [2.05, 4.69) is 4.98 Å². The first kappa shape index (κ1) is 13.3. The van der Waals surface area contributed by atoms with Gasteiger partial charge in [-0.2, -0.15) is 0 Å². The molecular weight excluding hydrogens is 250 g/mol. The number of pyridine rings is 1. The van der Waals surface area contributed by atoms with Crippen molar-refractivity contribution in [2.24, 2.45) is 5.41 Å². The molecule has 1 saturated carbocycles. The first-order valence-corrected chi connectivity index (χ1v) is 6.84. The number of carboxylic acid groups (broad SMARTS) is 1. The molecule has 0 unspecified atom stereocenters. The predicted molar refractivity (Wildman–Crippen MR) is 70.7 cm³/mol. The number of carboxylic acids is 1. The molecule has 0 bridgehead atoms. The van der Waals surface area contributed by atoms with Crippen LogP contribution < -0.4 is 0 Å².